The Labute approximate surface area is 178 Å². The largest absolute Gasteiger partial charge is 0.483 e. The van der Waals surface area contributed by atoms with Crippen molar-refractivity contribution in [2.75, 3.05) is 19.6 Å². The summed E-state index contributed by atoms with van der Waals surface area (Å²) in [7, 11) is 0. The summed E-state index contributed by atoms with van der Waals surface area (Å²) in [4.78, 5) is 23.8. The van der Waals surface area contributed by atoms with Crippen LogP contribution < -0.4 is 0 Å². The SMILES string of the molecule is O=C(C[C@H]1CN2CCC1CC2)c1nsc2cc(-c3ccccc3F)ccc12.O=CO. The highest BCUT2D eigenvalue weighted by Gasteiger charge is 2.35. The number of ketones is 1. The van der Waals surface area contributed by atoms with Gasteiger partial charge in [0, 0.05) is 23.9 Å². The lowest BCUT2D eigenvalue weighted by molar-refractivity contribution is -0.122. The van der Waals surface area contributed by atoms with Gasteiger partial charge in [-0.1, -0.05) is 30.3 Å². The van der Waals surface area contributed by atoms with E-state index in [1.165, 1.54) is 43.5 Å². The molecule has 2 aromatic carbocycles. The molecule has 1 aromatic heterocycles. The molecule has 0 aliphatic carbocycles. The van der Waals surface area contributed by atoms with Crippen LogP contribution >= 0.6 is 11.5 Å². The molecular weight excluding hydrogens is 403 g/mol. The van der Waals surface area contributed by atoms with Gasteiger partial charge in [-0.2, -0.15) is 4.37 Å². The van der Waals surface area contributed by atoms with E-state index < -0.39 is 0 Å². The van der Waals surface area contributed by atoms with Crippen LogP contribution in [0, 0.1) is 17.7 Å². The zero-order valence-electron chi connectivity index (χ0n) is 16.5. The molecule has 2 bridgehead atoms. The van der Waals surface area contributed by atoms with Crippen LogP contribution in [-0.4, -0.2) is 46.3 Å². The highest BCUT2D eigenvalue weighted by molar-refractivity contribution is 7.13. The average Bonchev–Trinajstić information content (AvgIpc) is 3.19. The van der Waals surface area contributed by atoms with Crippen LogP contribution in [0.1, 0.15) is 29.8 Å². The normalized spacial score (nSPS) is 22.4. The van der Waals surface area contributed by atoms with Gasteiger partial charge in [-0.05, 0) is 67.0 Å². The molecule has 0 unspecified atom stereocenters. The van der Waals surface area contributed by atoms with Crippen molar-refractivity contribution < 1.29 is 19.1 Å². The van der Waals surface area contributed by atoms with Crippen molar-refractivity contribution >= 4 is 33.9 Å². The van der Waals surface area contributed by atoms with E-state index in [1.807, 2.05) is 24.3 Å². The maximum Gasteiger partial charge on any atom is 0.290 e. The number of carbonyl (C=O) groups is 2. The van der Waals surface area contributed by atoms with Crippen LogP contribution in [0.4, 0.5) is 4.39 Å². The molecule has 0 amide bonds. The highest BCUT2D eigenvalue weighted by Crippen LogP contribution is 2.36. The van der Waals surface area contributed by atoms with E-state index in [9.17, 15) is 9.18 Å². The van der Waals surface area contributed by atoms with E-state index in [4.69, 9.17) is 9.90 Å². The van der Waals surface area contributed by atoms with Crippen molar-refractivity contribution in [3.63, 3.8) is 0 Å². The number of aromatic nitrogens is 1. The molecule has 3 aliphatic rings. The van der Waals surface area contributed by atoms with Crippen LogP contribution in [0.15, 0.2) is 42.5 Å². The molecule has 1 atom stereocenters. The summed E-state index contributed by atoms with van der Waals surface area (Å²) in [5.41, 5.74) is 1.99. The molecule has 3 saturated heterocycles. The van der Waals surface area contributed by atoms with Gasteiger partial charge in [0.1, 0.15) is 11.5 Å². The lowest BCUT2D eigenvalue weighted by atomic mass is 9.76. The Bertz CT molecular complexity index is 1060. The van der Waals surface area contributed by atoms with E-state index >= 15 is 0 Å². The lowest BCUT2D eigenvalue weighted by Gasteiger charge is -2.44. The number of rotatable bonds is 4. The number of piperidine rings is 3. The summed E-state index contributed by atoms with van der Waals surface area (Å²) < 4.78 is 19.5. The lowest BCUT2D eigenvalue weighted by Crippen LogP contribution is -2.47. The second-order valence-electron chi connectivity index (χ2n) is 7.85. The fourth-order valence-corrected chi connectivity index (χ4v) is 5.49. The number of fused-ring (bicyclic) bond motifs is 4. The van der Waals surface area contributed by atoms with Gasteiger partial charge in [-0.3, -0.25) is 9.59 Å². The zero-order chi connectivity index (χ0) is 21.1. The van der Waals surface area contributed by atoms with Gasteiger partial charge in [-0.15, -0.1) is 0 Å². The molecule has 3 aliphatic heterocycles. The second-order valence-corrected chi connectivity index (χ2v) is 8.66. The summed E-state index contributed by atoms with van der Waals surface area (Å²) in [6.07, 6.45) is 3.04. The quantitative estimate of drug-likeness (QED) is 0.483. The maximum absolute atomic E-state index is 14.1. The van der Waals surface area contributed by atoms with Crippen LogP contribution in [0.3, 0.4) is 0 Å². The Balaban J connectivity index is 0.000000687. The molecule has 3 fully saturated rings. The van der Waals surface area contributed by atoms with Gasteiger partial charge in [0.2, 0.25) is 0 Å². The van der Waals surface area contributed by atoms with Gasteiger partial charge >= 0.3 is 0 Å². The topological polar surface area (TPSA) is 70.5 Å². The van der Waals surface area contributed by atoms with Gasteiger partial charge in [0.15, 0.2) is 5.78 Å². The number of halogens is 1. The Morgan fingerprint density at radius 1 is 1.23 bits per heavy atom. The predicted octanol–water partition coefficient (Wildman–Crippen LogP) is 4.72. The van der Waals surface area contributed by atoms with Crippen molar-refractivity contribution in [1.82, 2.24) is 9.27 Å². The number of Topliss-reactive ketones (excluding diaryl/α,β-unsaturated/α-hetero) is 1. The molecule has 30 heavy (non-hydrogen) atoms. The number of hydrogen-bond donors (Lipinski definition) is 1. The summed E-state index contributed by atoms with van der Waals surface area (Å²) in [5.74, 6) is 1.07. The van der Waals surface area contributed by atoms with Gasteiger partial charge in [0.25, 0.3) is 6.47 Å². The van der Waals surface area contributed by atoms with E-state index in [1.54, 1.807) is 12.1 Å². The van der Waals surface area contributed by atoms with E-state index in [0.29, 0.717) is 29.5 Å². The smallest absolute Gasteiger partial charge is 0.290 e. The number of nitrogens with zero attached hydrogens (tertiary/aromatic N) is 2. The molecule has 0 spiro atoms. The summed E-state index contributed by atoms with van der Waals surface area (Å²) in [5, 5.41) is 7.78. The molecule has 6 rings (SSSR count). The minimum absolute atomic E-state index is 0.152. The third kappa shape index (κ3) is 4.13. The molecular formula is C23H23FN2O3S. The highest BCUT2D eigenvalue weighted by atomic mass is 32.1. The monoisotopic (exact) mass is 426 g/mol. The zero-order valence-corrected chi connectivity index (χ0v) is 17.3. The summed E-state index contributed by atoms with van der Waals surface area (Å²) in [6, 6.07) is 12.5. The molecule has 0 radical (unpaired) electrons. The molecule has 1 N–H and O–H groups in total. The third-order valence-electron chi connectivity index (χ3n) is 6.16. The van der Waals surface area contributed by atoms with Crippen LogP contribution in [-0.2, 0) is 4.79 Å². The van der Waals surface area contributed by atoms with Crippen molar-refractivity contribution in [3.05, 3.63) is 54.0 Å². The number of carboxylic acid groups (broad SMARTS) is 1. The predicted molar refractivity (Wildman–Crippen MR) is 115 cm³/mol. The van der Waals surface area contributed by atoms with E-state index in [-0.39, 0.29) is 18.1 Å². The van der Waals surface area contributed by atoms with Crippen molar-refractivity contribution in [3.8, 4) is 11.1 Å². The summed E-state index contributed by atoms with van der Waals surface area (Å²) in [6.45, 7) is 3.18. The maximum atomic E-state index is 14.1. The second kappa shape index (κ2) is 9.02. The average molecular weight is 427 g/mol. The van der Waals surface area contributed by atoms with E-state index in [0.717, 1.165) is 22.2 Å². The number of hydrogen-bond acceptors (Lipinski definition) is 5. The first-order valence-electron chi connectivity index (χ1n) is 10.1. The molecule has 156 valence electrons. The Kier molecular flexibility index (Phi) is 6.20. The van der Waals surface area contributed by atoms with Gasteiger partial charge < -0.3 is 10.0 Å². The standard InChI is InChI=1S/C22H21FN2OS.CH2O2/c23-19-4-2-1-3-17(19)15-5-6-18-21(12-15)27-24-22(18)20(26)11-16-13-25-9-7-14(16)8-10-25;2-1-3/h1-6,12,14,16H,7-11,13H2;1H,(H,2,3)/t16-;/m0./s1. The number of benzene rings is 2. The molecule has 7 heteroatoms. The van der Waals surface area contributed by atoms with Gasteiger partial charge in [0.05, 0.1) is 4.70 Å². The number of carbonyl (C=O) groups excluding carboxylic acids is 1. The van der Waals surface area contributed by atoms with E-state index in [2.05, 4.69) is 9.27 Å². The minimum Gasteiger partial charge on any atom is -0.483 e. The first-order valence-corrected chi connectivity index (χ1v) is 10.9. The summed E-state index contributed by atoms with van der Waals surface area (Å²) >= 11 is 1.33. The first-order chi connectivity index (χ1) is 14.6. The Hall–Kier alpha value is -2.64. The van der Waals surface area contributed by atoms with Crippen molar-refractivity contribution in [1.29, 1.82) is 0 Å². The van der Waals surface area contributed by atoms with Crippen LogP contribution in [0.25, 0.3) is 21.2 Å². The minimum atomic E-state index is -0.250. The Morgan fingerprint density at radius 3 is 2.63 bits per heavy atom. The van der Waals surface area contributed by atoms with Crippen molar-refractivity contribution in [2.45, 2.75) is 19.3 Å². The Morgan fingerprint density at radius 2 is 1.97 bits per heavy atom. The molecule has 3 aromatic rings. The molecule has 0 saturated carbocycles. The third-order valence-corrected chi connectivity index (χ3v) is 6.97. The van der Waals surface area contributed by atoms with Crippen LogP contribution in [0.5, 0.6) is 0 Å². The molecule has 5 nitrogen and oxygen atoms in total. The fraction of sp³-hybridized carbons (Fsp3) is 0.348. The van der Waals surface area contributed by atoms with Gasteiger partial charge in [-0.25, -0.2) is 4.39 Å². The van der Waals surface area contributed by atoms with Crippen molar-refractivity contribution in [2.24, 2.45) is 11.8 Å². The molecule has 4 heterocycles. The fourth-order valence-electron chi connectivity index (χ4n) is 4.66. The first kappa shape index (κ1) is 20.6. The van der Waals surface area contributed by atoms with Crippen LogP contribution in [0.2, 0.25) is 0 Å².